The van der Waals surface area contributed by atoms with Crippen LogP contribution in [-0.2, 0) is 4.79 Å². The molecule has 0 spiro atoms. The molecule has 1 aliphatic rings. The lowest BCUT2D eigenvalue weighted by Gasteiger charge is -2.36. The number of rotatable bonds is 4. The topological polar surface area (TPSA) is 36.4 Å². The van der Waals surface area contributed by atoms with Crippen LogP contribution < -0.4 is 4.90 Å². The molecular weight excluding hydrogens is 405 g/mol. The van der Waals surface area contributed by atoms with Gasteiger partial charge in [-0.25, -0.2) is 9.37 Å². The van der Waals surface area contributed by atoms with Crippen LogP contribution in [0.4, 0.5) is 10.1 Å². The smallest absolute Gasteiger partial charge is 0.233 e. The van der Waals surface area contributed by atoms with E-state index in [2.05, 4.69) is 4.98 Å². The zero-order valence-electron chi connectivity index (χ0n) is 14.4. The number of fused-ring (bicyclic) bond motifs is 1. The van der Waals surface area contributed by atoms with Crippen LogP contribution in [0.3, 0.4) is 0 Å². The highest BCUT2D eigenvalue weighted by atomic mass is 35.5. The Morgan fingerprint density at radius 1 is 1.19 bits per heavy atom. The number of para-hydroxylation sites is 1. The van der Waals surface area contributed by atoms with Gasteiger partial charge in [0, 0.05) is 31.2 Å². The molecule has 0 unspecified atom stereocenters. The number of amides is 1. The summed E-state index contributed by atoms with van der Waals surface area (Å²) in [5.41, 5.74) is 1.47. The van der Waals surface area contributed by atoms with Gasteiger partial charge < -0.3 is 9.80 Å². The molecule has 1 aliphatic heterocycles. The minimum Gasteiger partial charge on any atom is -0.366 e. The van der Waals surface area contributed by atoms with E-state index in [1.54, 1.807) is 23.5 Å². The van der Waals surface area contributed by atoms with Gasteiger partial charge in [-0.3, -0.25) is 4.79 Å². The molecule has 0 radical (unpaired) electrons. The van der Waals surface area contributed by atoms with E-state index < -0.39 is 0 Å². The molecule has 1 amide bonds. The summed E-state index contributed by atoms with van der Waals surface area (Å²) in [6.45, 7) is 2.47. The van der Waals surface area contributed by atoms with E-state index in [1.807, 2.05) is 34.1 Å². The van der Waals surface area contributed by atoms with Crippen molar-refractivity contribution in [3.8, 4) is 0 Å². The Kier molecular flexibility index (Phi) is 5.52. The largest absolute Gasteiger partial charge is 0.366 e. The Morgan fingerprint density at radius 2 is 1.96 bits per heavy atom. The number of nitrogens with zero attached hydrogens (tertiary/aromatic N) is 3. The molecular formula is C19H17ClFN3OS2. The number of piperazine rings is 1. The number of anilines is 1. The van der Waals surface area contributed by atoms with Crippen molar-refractivity contribution < 1.29 is 9.18 Å². The Morgan fingerprint density at radius 3 is 2.74 bits per heavy atom. The lowest BCUT2D eigenvalue weighted by molar-refractivity contribution is -0.128. The monoisotopic (exact) mass is 421 g/mol. The van der Waals surface area contributed by atoms with Crippen molar-refractivity contribution >= 4 is 56.5 Å². The van der Waals surface area contributed by atoms with Gasteiger partial charge in [-0.05, 0) is 30.3 Å². The second kappa shape index (κ2) is 8.04. The van der Waals surface area contributed by atoms with Gasteiger partial charge >= 0.3 is 0 Å². The average Bonchev–Trinajstić information content (AvgIpc) is 3.08. The molecule has 0 atom stereocenters. The maximum absolute atomic E-state index is 13.9. The van der Waals surface area contributed by atoms with Crippen molar-refractivity contribution in [1.82, 2.24) is 9.88 Å². The number of hydrogen-bond acceptors (Lipinski definition) is 5. The molecule has 4 nitrogen and oxygen atoms in total. The summed E-state index contributed by atoms with van der Waals surface area (Å²) < 4.78 is 15.8. The first-order chi connectivity index (χ1) is 13.1. The van der Waals surface area contributed by atoms with Crippen molar-refractivity contribution in [2.75, 3.05) is 36.8 Å². The van der Waals surface area contributed by atoms with Crippen LogP contribution in [0, 0.1) is 5.82 Å². The van der Waals surface area contributed by atoms with Gasteiger partial charge in [0.15, 0.2) is 4.34 Å². The van der Waals surface area contributed by atoms with E-state index in [9.17, 15) is 9.18 Å². The molecule has 1 fully saturated rings. The van der Waals surface area contributed by atoms with E-state index in [-0.39, 0.29) is 11.7 Å². The predicted molar refractivity (Wildman–Crippen MR) is 111 cm³/mol. The zero-order chi connectivity index (χ0) is 18.8. The van der Waals surface area contributed by atoms with E-state index in [0.29, 0.717) is 42.6 Å². The molecule has 1 saturated heterocycles. The van der Waals surface area contributed by atoms with Crippen molar-refractivity contribution in [2.45, 2.75) is 4.34 Å². The van der Waals surface area contributed by atoms with E-state index in [4.69, 9.17) is 11.6 Å². The van der Waals surface area contributed by atoms with Crippen molar-refractivity contribution in [3.63, 3.8) is 0 Å². The van der Waals surface area contributed by atoms with Gasteiger partial charge in [-0.1, -0.05) is 35.5 Å². The molecule has 8 heteroatoms. The minimum atomic E-state index is -0.219. The first-order valence-corrected chi connectivity index (χ1v) is 10.7. The van der Waals surface area contributed by atoms with Crippen LogP contribution >= 0.6 is 34.7 Å². The molecule has 0 aliphatic carbocycles. The number of thiazole rings is 1. The van der Waals surface area contributed by atoms with Crippen LogP contribution in [0.1, 0.15) is 0 Å². The quantitative estimate of drug-likeness (QED) is 0.580. The molecule has 1 aromatic heterocycles. The second-order valence-electron chi connectivity index (χ2n) is 6.20. The SMILES string of the molecule is O=C(CSc1nc2cc(Cl)ccc2s1)N1CCN(c2ccccc2F)CC1. The standard InChI is InChI=1S/C19H17ClFN3OS2/c20-13-5-6-17-15(11-13)22-19(27-17)26-12-18(25)24-9-7-23(8-10-24)16-4-2-1-3-14(16)21/h1-6,11H,7-10,12H2. The van der Waals surface area contributed by atoms with Crippen LogP contribution in [0.5, 0.6) is 0 Å². The first kappa shape index (κ1) is 18.5. The molecule has 140 valence electrons. The summed E-state index contributed by atoms with van der Waals surface area (Å²) in [6.07, 6.45) is 0. The van der Waals surface area contributed by atoms with Gasteiger partial charge in [0.25, 0.3) is 0 Å². The lowest BCUT2D eigenvalue weighted by Crippen LogP contribution is -2.49. The normalized spacial score (nSPS) is 14.7. The van der Waals surface area contributed by atoms with Crippen LogP contribution in [0.2, 0.25) is 5.02 Å². The van der Waals surface area contributed by atoms with Gasteiger partial charge in [-0.2, -0.15) is 0 Å². The molecule has 0 bridgehead atoms. The Labute approximate surface area is 169 Å². The summed E-state index contributed by atoms with van der Waals surface area (Å²) in [5, 5.41) is 0.660. The number of carbonyl (C=O) groups is 1. The fraction of sp³-hybridized carbons (Fsp3) is 0.263. The van der Waals surface area contributed by atoms with E-state index in [0.717, 1.165) is 14.6 Å². The number of benzene rings is 2. The summed E-state index contributed by atoms with van der Waals surface area (Å²) in [7, 11) is 0. The molecule has 2 heterocycles. The Hall–Kier alpha value is -1.83. The third-order valence-electron chi connectivity index (χ3n) is 4.47. The molecule has 3 aromatic rings. The highest BCUT2D eigenvalue weighted by Crippen LogP contribution is 2.31. The third-order valence-corrected chi connectivity index (χ3v) is 6.87. The van der Waals surface area contributed by atoms with Crippen LogP contribution in [0.25, 0.3) is 10.2 Å². The van der Waals surface area contributed by atoms with Gasteiger partial charge in [0.05, 0.1) is 21.7 Å². The highest BCUT2D eigenvalue weighted by Gasteiger charge is 2.23. The van der Waals surface area contributed by atoms with E-state index in [1.165, 1.54) is 17.8 Å². The van der Waals surface area contributed by atoms with E-state index >= 15 is 0 Å². The Bertz CT molecular complexity index is 972. The summed E-state index contributed by atoms with van der Waals surface area (Å²) in [6, 6.07) is 12.4. The molecule has 2 aromatic carbocycles. The number of halogens is 2. The number of aromatic nitrogens is 1. The summed E-state index contributed by atoms with van der Waals surface area (Å²) in [5.74, 6) is 0.224. The maximum atomic E-state index is 13.9. The molecule has 0 N–H and O–H groups in total. The fourth-order valence-corrected chi connectivity index (χ4v) is 5.18. The van der Waals surface area contributed by atoms with Crippen molar-refractivity contribution in [1.29, 1.82) is 0 Å². The summed E-state index contributed by atoms with van der Waals surface area (Å²) >= 11 is 9.01. The van der Waals surface area contributed by atoms with Gasteiger partial charge in [0.2, 0.25) is 5.91 Å². The lowest BCUT2D eigenvalue weighted by atomic mass is 10.2. The third kappa shape index (κ3) is 4.20. The fourth-order valence-electron chi connectivity index (χ4n) is 3.06. The van der Waals surface area contributed by atoms with Crippen LogP contribution in [0.15, 0.2) is 46.8 Å². The highest BCUT2D eigenvalue weighted by molar-refractivity contribution is 8.01. The number of hydrogen-bond donors (Lipinski definition) is 0. The molecule has 0 saturated carbocycles. The Balaban J connectivity index is 1.32. The van der Waals surface area contributed by atoms with Crippen LogP contribution in [-0.4, -0.2) is 47.7 Å². The zero-order valence-corrected chi connectivity index (χ0v) is 16.8. The number of thioether (sulfide) groups is 1. The average molecular weight is 422 g/mol. The minimum absolute atomic E-state index is 0.0884. The van der Waals surface area contributed by atoms with Gasteiger partial charge in [0.1, 0.15) is 5.82 Å². The molecule has 27 heavy (non-hydrogen) atoms. The maximum Gasteiger partial charge on any atom is 0.233 e. The predicted octanol–water partition coefficient (Wildman–Crippen LogP) is 4.53. The second-order valence-corrected chi connectivity index (χ2v) is 8.89. The van der Waals surface area contributed by atoms with Crippen molar-refractivity contribution in [3.05, 3.63) is 53.3 Å². The number of carbonyl (C=O) groups excluding carboxylic acids is 1. The van der Waals surface area contributed by atoms with Gasteiger partial charge in [-0.15, -0.1) is 11.3 Å². The van der Waals surface area contributed by atoms with Crippen molar-refractivity contribution in [2.24, 2.45) is 0 Å². The molecule has 4 rings (SSSR count). The summed E-state index contributed by atoms with van der Waals surface area (Å²) in [4.78, 5) is 20.9. The first-order valence-electron chi connectivity index (χ1n) is 8.56.